The van der Waals surface area contributed by atoms with Crippen LogP contribution in [0.5, 0.6) is 0 Å². The van der Waals surface area contributed by atoms with Crippen LogP contribution < -0.4 is 10.4 Å². The van der Waals surface area contributed by atoms with Gasteiger partial charge in [-0.1, -0.05) is 0 Å². The van der Waals surface area contributed by atoms with Gasteiger partial charge < -0.3 is 45.5 Å². The molecule has 22 heavy (non-hydrogen) atoms. The molecule has 128 valence electrons. The van der Waals surface area contributed by atoms with Gasteiger partial charge in [-0.15, -0.1) is 0 Å². The number of carboxylic acids is 1. The molecule has 1 aliphatic rings. The molecule has 1 aliphatic heterocycles. The van der Waals surface area contributed by atoms with Gasteiger partial charge in [0, 0.05) is 6.92 Å². The number of amides is 1. The van der Waals surface area contributed by atoms with Gasteiger partial charge in [0.2, 0.25) is 11.7 Å². The fraction of sp³-hybridized carbons (Fsp3) is 0.818. The summed E-state index contributed by atoms with van der Waals surface area (Å²) in [7, 11) is 0. The SMILES string of the molecule is CC(=O)N[C@H]1C([C@H](O)[C@H](O)CO)O[C@@](O)(C(=O)[O-])C(F)[C@H]1O. The first-order valence-corrected chi connectivity index (χ1v) is 6.24. The molecular formula is C11H17FNO9-. The lowest BCUT2D eigenvalue weighted by Crippen LogP contribution is -2.74. The zero-order chi connectivity index (χ0) is 17.2. The Morgan fingerprint density at radius 1 is 1.45 bits per heavy atom. The first kappa shape index (κ1) is 18.7. The average molecular weight is 326 g/mol. The molecule has 11 heteroatoms. The minimum absolute atomic E-state index is 0.783. The lowest BCUT2D eigenvalue weighted by Gasteiger charge is -2.48. The maximum Gasteiger partial charge on any atom is 0.242 e. The molecular weight excluding hydrogens is 309 g/mol. The van der Waals surface area contributed by atoms with Crippen LogP contribution in [-0.4, -0.2) is 86.4 Å². The van der Waals surface area contributed by atoms with Crippen LogP contribution in [0.4, 0.5) is 4.39 Å². The number of halogens is 1. The first-order chi connectivity index (χ1) is 10.1. The van der Waals surface area contributed by atoms with Crippen molar-refractivity contribution in [2.75, 3.05) is 6.61 Å². The molecule has 0 aromatic rings. The van der Waals surface area contributed by atoms with Crippen LogP contribution in [0.1, 0.15) is 6.92 Å². The molecule has 1 heterocycles. The van der Waals surface area contributed by atoms with Crippen LogP contribution in [0.15, 0.2) is 0 Å². The lowest BCUT2D eigenvalue weighted by atomic mass is 9.87. The number of nitrogens with one attached hydrogen (secondary N) is 1. The Bertz CT molecular complexity index is 436. The monoisotopic (exact) mass is 326 g/mol. The quantitative estimate of drug-likeness (QED) is 0.288. The zero-order valence-electron chi connectivity index (χ0n) is 11.4. The number of aliphatic hydroxyl groups is 5. The number of aliphatic hydroxyl groups excluding tert-OH is 4. The first-order valence-electron chi connectivity index (χ1n) is 6.24. The molecule has 0 saturated carbocycles. The second kappa shape index (κ2) is 6.81. The van der Waals surface area contributed by atoms with Crippen molar-refractivity contribution in [1.29, 1.82) is 0 Å². The fourth-order valence-corrected chi connectivity index (χ4v) is 2.13. The number of rotatable bonds is 5. The number of ether oxygens (including phenoxy) is 1. The molecule has 1 rings (SSSR count). The van der Waals surface area contributed by atoms with E-state index in [-0.39, 0.29) is 0 Å². The number of carboxylic acid groups (broad SMARTS) is 1. The number of carbonyl (C=O) groups is 2. The van der Waals surface area contributed by atoms with E-state index >= 15 is 0 Å². The number of alkyl halides is 1. The van der Waals surface area contributed by atoms with Gasteiger partial charge >= 0.3 is 0 Å². The Balaban J connectivity index is 3.19. The highest BCUT2D eigenvalue weighted by Crippen LogP contribution is 2.32. The van der Waals surface area contributed by atoms with E-state index in [1.807, 2.05) is 5.32 Å². The predicted molar refractivity (Wildman–Crippen MR) is 62.4 cm³/mol. The van der Waals surface area contributed by atoms with Crippen LogP contribution in [0.2, 0.25) is 0 Å². The van der Waals surface area contributed by atoms with Crippen LogP contribution in [-0.2, 0) is 14.3 Å². The van der Waals surface area contributed by atoms with Gasteiger partial charge in [-0.25, -0.2) is 4.39 Å². The Morgan fingerprint density at radius 3 is 2.41 bits per heavy atom. The molecule has 0 aromatic heterocycles. The summed E-state index contributed by atoms with van der Waals surface area (Å²) in [4.78, 5) is 21.9. The largest absolute Gasteiger partial charge is 0.544 e. The van der Waals surface area contributed by atoms with Crippen molar-refractivity contribution in [1.82, 2.24) is 5.32 Å². The molecule has 7 atom stereocenters. The summed E-state index contributed by atoms with van der Waals surface area (Å²) < 4.78 is 18.4. The van der Waals surface area contributed by atoms with Crippen LogP contribution in [0.25, 0.3) is 0 Å². The highest BCUT2D eigenvalue weighted by atomic mass is 19.1. The zero-order valence-corrected chi connectivity index (χ0v) is 11.4. The molecule has 1 amide bonds. The summed E-state index contributed by atoms with van der Waals surface area (Å²) in [6.45, 7) is 0.0120. The summed E-state index contributed by atoms with van der Waals surface area (Å²) in [6, 6.07) is -1.69. The van der Waals surface area contributed by atoms with Crippen molar-refractivity contribution in [3.05, 3.63) is 0 Å². The third-order valence-corrected chi connectivity index (χ3v) is 3.29. The Labute approximate surface area is 123 Å². The molecule has 10 nitrogen and oxygen atoms in total. The summed E-state index contributed by atoms with van der Waals surface area (Å²) in [5.74, 6) is -6.81. The van der Waals surface area contributed by atoms with E-state index in [1.165, 1.54) is 0 Å². The summed E-state index contributed by atoms with van der Waals surface area (Å²) in [5.41, 5.74) is 0. The van der Waals surface area contributed by atoms with Crippen molar-refractivity contribution in [2.45, 2.75) is 49.3 Å². The lowest BCUT2D eigenvalue weighted by molar-refractivity contribution is -0.386. The molecule has 6 N–H and O–H groups in total. The number of carbonyl (C=O) groups excluding carboxylic acids is 2. The molecule has 0 bridgehead atoms. The fourth-order valence-electron chi connectivity index (χ4n) is 2.13. The van der Waals surface area contributed by atoms with Crippen LogP contribution in [0, 0.1) is 0 Å². The molecule has 0 aromatic carbocycles. The number of hydrogen-bond acceptors (Lipinski definition) is 9. The van der Waals surface area contributed by atoms with Gasteiger partial charge in [-0.05, 0) is 0 Å². The molecule has 0 radical (unpaired) electrons. The van der Waals surface area contributed by atoms with Crippen LogP contribution in [0.3, 0.4) is 0 Å². The topological polar surface area (TPSA) is 180 Å². The van der Waals surface area contributed by atoms with E-state index < -0.39 is 60.9 Å². The predicted octanol–water partition coefficient (Wildman–Crippen LogP) is -5.26. The standard InChI is InChI=1S/C11H18FNO9/c1-3(15)13-5-7(18)9(12)11(21,10(19)20)22-8(5)6(17)4(16)2-14/h4-9,14,16-18,21H,2H2,1H3,(H,13,15)(H,19,20)/p-1/t4-,5-,6-,7+,8?,9?,11-/m1/s1. The normalized spacial score (nSPS) is 38.1. The van der Waals surface area contributed by atoms with Gasteiger partial charge in [0.15, 0.2) is 6.17 Å². The van der Waals surface area contributed by atoms with E-state index in [4.69, 9.17) is 5.11 Å². The molecule has 2 unspecified atom stereocenters. The van der Waals surface area contributed by atoms with Crippen molar-refractivity contribution < 1.29 is 49.4 Å². The molecule has 1 fully saturated rings. The smallest absolute Gasteiger partial charge is 0.242 e. The van der Waals surface area contributed by atoms with Crippen molar-refractivity contribution >= 4 is 11.9 Å². The minimum Gasteiger partial charge on any atom is -0.544 e. The van der Waals surface area contributed by atoms with E-state index in [9.17, 15) is 39.5 Å². The third kappa shape index (κ3) is 3.34. The Kier molecular flexibility index (Phi) is 5.78. The van der Waals surface area contributed by atoms with Gasteiger partial charge in [-0.3, -0.25) is 4.79 Å². The van der Waals surface area contributed by atoms with Crippen molar-refractivity contribution in [3.8, 4) is 0 Å². The van der Waals surface area contributed by atoms with Gasteiger partial charge in [0.1, 0.15) is 30.4 Å². The van der Waals surface area contributed by atoms with Gasteiger partial charge in [0.05, 0.1) is 12.6 Å². The summed E-state index contributed by atoms with van der Waals surface area (Å²) in [5, 5.41) is 60.2. The maximum atomic E-state index is 13.9. The number of hydrogen-bond donors (Lipinski definition) is 6. The van der Waals surface area contributed by atoms with Gasteiger partial charge in [0.25, 0.3) is 0 Å². The highest BCUT2D eigenvalue weighted by molar-refractivity contribution is 5.75. The van der Waals surface area contributed by atoms with E-state index in [0.29, 0.717) is 0 Å². The second-order valence-electron chi connectivity index (χ2n) is 4.93. The van der Waals surface area contributed by atoms with E-state index in [0.717, 1.165) is 6.92 Å². The minimum atomic E-state index is -3.60. The maximum absolute atomic E-state index is 13.9. The Morgan fingerprint density at radius 2 is 2.00 bits per heavy atom. The average Bonchev–Trinajstić information content (AvgIpc) is 2.45. The Hall–Kier alpha value is -1.37. The number of aliphatic carboxylic acids is 1. The molecule has 0 spiro atoms. The van der Waals surface area contributed by atoms with Crippen molar-refractivity contribution in [3.63, 3.8) is 0 Å². The van der Waals surface area contributed by atoms with Crippen molar-refractivity contribution in [2.24, 2.45) is 0 Å². The summed E-state index contributed by atoms with van der Waals surface area (Å²) in [6.07, 6.45) is -11.0. The molecule has 1 saturated heterocycles. The van der Waals surface area contributed by atoms with Crippen LogP contribution >= 0.6 is 0 Å². The highest BCUT2D eigenvalue weighted by Gasteiger charge is 2.57. The van der Waals surface area contributed by atoms with E-state index in [1.54, 1.807) is 0 Å². The summed E-state index contributed by atoms with van der Waals surface area (Å²) >= 11 is 0. The second-order valence-corrected chi connectivity index (χ2v) is 4.93. The third-order valence-electron chi connectivity index (χ3n) is 3.29. The van der Waals surface area contributed by atoms with E-state index in [2.05, 4.69) is 4.74 Å². The molecule has 0 aliphatic carbocycles. The van der Waals surface area contributed by atoms with Gasteiger partial charge in [-0.2, -0.15) is 0 Å².